The van der Waals surface area contributed by atoms with E-state index < -0.39 is 54.3 Å². The highest BCUT2D eigenvalue weighted by Crippen LogP contribution is 2.20. The van der Waals surface area contributed by atoms with Gasteiger partial charge in [-0.1, -0.05) is 13.8 Å². The lowest BCUT2D eigenvalue weighted by Crippen LogP contribution is -2.57. The van der Waals surface area contributed by atoms with Gasteiger partial charge in [-0.2, -0.15) is 0 Å². The number of hydrogen-bond acceptors (Lipinski definition) is 6. The van der Waals surface area contributed by atoms with E-state index in [1.165, 1.54) is 4.90 Å². The Kier molecular flexibility index (Phi) is 8.16. The van der Waals surface area contributed by atoms with E-state index in [0.717, 1.165) is 0 Å². The van der Waals surface area contributed by atoms with Crippen LogP contribution in [-0.4, -0.2) is 70.8 Å². The molecule has 27 heavy (non-hydrogen) atoms. The number of rotatable bonds is 9. The molecule has 152 valence electrons. The Morgan fingerprint density at radius 3 is 2.37 bits per heavy atom. The highest BCUT2D eigenvalue weighted by molar-refractivity contribution is 5.95. The maximum atomic E-state index is 12.9. The molecule has 1 heterocycles. The molecule has 0 aromatic rings. The molecule has 1 rings (SSSR count). The van der Waals surface area contributed by atoms with Crippen LogP contribution in [0.5, 0.6) is 0 Å². The first-order chi connectivity index (χ1) is 12.5. The summed E-state index contributed by atoms with van der Waals surface area (Å²) in [5.41, 5.74) is 10.6. The van der Waals surface area contributed by atoms with Crippen molar-refractivity contribution in [3.05, 3.63) is 0 Å². The first-order valence-electron chi connectivity index (χ1n) is 8.68. The van der Waals surface area contributed by atoms with Crippen molar-refractivity contribution in [1.82, 2.24) is 15.5 Å². The fourth-order valence-electron chi connectivity index (χ4n) is 2.85. The van der Waals surface area contributed by atoms with Crippen molar-refractivity contribution in [3.63, 3.8) is 0 Å². The predicted octanol–water partition coefficient (Wildman–Crippen LogP) is -2.48. The molecule has 1 aliphatic rings. The standard InChI is InChI=1S/C16H27N5O6/c1-8(2)13(20-14(25)9(17)6-11(18)22)16(27)21-5-3-4-10(21)15(26)19-7-12(23)24/h8-10,13H,3-7,17H2,1-2H3,(H2,18,22)(H,19,26)(H,20,25)(H,23,24). The Bertz CT molecular complexity index is 608. The van der Waals surface area contributed by atoms with Crippen molar-refractivity contribution in [2.24, 2.45) is 17.4 Å². The molecule has 0 spiro atoms. The second-order valence-corrected chi connectivity index (χ2v) is 6.81. The molecule has 7 N–H and O–H groups in total. The van der Waals surface area contributed by atoms with E-state index in [2.05, 4.69) is 10.6 Å². The normalized spacial score (nSPS) is 18.7. The van der Waals surface area contributed by atoms with Crippen molar-refractivity contribution in [3.8, 4) is 0 Å². The van der Waals surface area contributed by atoms with Crippen molar-refractivity contribution in [1.29, 1.82) is 0 Å². The van der Waals surface area contributed by atoms with Crippen LogP contribution in [0.4, 0.5) is 0 Å². The number of hydrogen-bond donors (Lipinski definition) is 5. The molecular formula is C16H27N5O6. The summed E-state index contributed by atoms with van der Waals surface area (Å²) in [4.78, 5) is 60.1. The average molecular weight is 385 g/mol. The number of nitrogens with two attached hydrogens (primary N) is 2. The summed E-state index contributed by atoms with van der Waals surface area (Å²) in [6.45, 7) is 3.22. The van der Waals surface area contributed by atoms with Crippen LogP contribution in [0.15, 0.2) is 0 Å². The molecule has 0 aromatic heterocycles. The lowest BCUT2D eigenvalue weighted by atomic mass is 10.0. The largest absolute Gasteiger partial charge is 0.480 e. The van der Waals surface area contributed by atoms with E-state index in [4.69, 9.17) is 16.6 Å². The minimum absolute atomic E-state index is 0.300. The number of aliphatic carboxylic acids is 1. The number of amides is 4. The predicted molar refractivity (Wildman–Crippen MR) is 93.9 cm³/mol. The van der Waals surface area contributed by atoms with E-state index in [9.17, 15) is 24.0 Å². The third kappa shape index (κ3) is 6.51. The highest BCUT2D eigenvalue weighted by atomic mass is 16.4. The Labute approximate surface area is 156 Å². The minimum Gasteiger partial charge on any atom is -0.480 e. The number of nitrogens with one attached hydrogen (secondary N) is 2. The molecular weight excluding hydrogens is 358 g/mol. The topological polar surface area (TPSA) is 185 Å². The van der Waals surface area contributed by atoms with E-state index in [0.29, 0.717) is 19.4 Å². The second kappa shape index (κ2) is 9.86. The van der Waals surface area contributed by atoms with Crippen molar-refractivity contribution in [2.75, 3.05) is 13.1 Å². The molecule has 1 saturated heterocycles. The first kappa shape index (κ1) is 22.4. The van der Waals surface area contributed by atoms with E-state index in [1.807, 2.05) is 0 Å². The lowest BCUT2D eigenvalue weighted by molar-refractivity contribution is -0.143. The maximum Gasteiger partial charge on any atom is 0.322 e. The fraction of sp³-hybridized carbons (Fsp3) is 0.688. The van der Waals surface area contributed by atoms with Crippen LogP contribution in [0.25, 0.3) is 0 Å². The van der Waals surface area contributed by atoms with Gasteiger partial charge in [-0.05, 0) is 18.8 Å². The van der Waals surface area contributed by atoms with Crippen molar-refractivity contribution < 1.29 is 29.1 Å². The second-order valence-electron chi connectivity index (χ2n) is 6.81. The van der Waals surface area contributed by atoms with Crippen LogP contribution in [-0.2, 0) is 24.0 Å². The van der Waals surface area contributed by atoms with Gasteiger partial charge in [-0.15, -0.1) is 0 Å². The molecule has 1 aliphatic heterocycles. The smallest absolute Gasteiger partial charge is 0.322 e. The Morgan fingerprint density at radius 1 is 1.22 bits per heavy atom. The average Bonchev–Trinajstić information content (AvgIpc) is 3.05. The Balaban J connectivity index is 2.83. The minimum atomic E-state index is -1.19. The molecule has 11 nitrogen and oxygen atoms in total. The zero-order chi connectivity index (χ0) is 20.7. The molecule has 0 aliphatic carbocycles. The molecule has 0 aromatic carbocycles. The van der Waals surface area contributed by atoms with Crippen LogP contribution < -0.4 is 22.1 Å². The molecule has 0 bridgehead atoms. The van der Waals surface area contributed by atoms with E-state index in [1.54, 1.807) is 13.8 Å². The SMILES string of the molecule is CC(C)C(NC(=O)C(N)CC(N)=O)C(=O)N1CCCC1C(=O)NCC(=O)O. The molecule has 3 atom stereocenters. The zero-order valence-electron chi connectivity index (χ0n) is 15.4. The number of carbonyl (C=O) groups excluding carboxylic acids is 4. The van der Waals surface area contributed by atoms with E-state index >= 15 is 0 Å². The van der Waals surface area contributed by atoms with Gasteiger partial charge in [0.25, 0.3) is 0 Å². The van der Waals surface area contributed by atoms with Gasteiger partial charge < -0.3 is 32.1 Å². The lowest BCUT2D eigenvalue weighted by Gasteiger charge is -2.31. The number of carbonyl (C=O) groups is 5. The monoisotopic (exact) mass is 385 g/mol. The summed E-state index contributed by atoms with van der Waals surface area (Å²) in [7, 11) is 0. The molecule has 4 amide bonds. The van der Waals surface area contributed by atoms with Gasteiger partial charge in [0.15, 0.2) is 0 Å². The summed E-state index contributed by atoms with van der Waals surface area (Å²) in [6.07, 6.45) is 0.628. The van der Waals surface area contributed by atoms with Crippen molar-refractivity contribution in [2.45, 2.75) is 51.2 Å². The van der Waals surface area contributed by atoms with Gasteiger partial charge in [0.05, 0.1) is 12.5 Å². The van der Waals surface area contributed by atoms with Gasteiger partial charge in [-0.25, -0.2) is 0 Å². The Morgan fingerprint density at radius 2 is 1.85 bits per heavy atom. The van der Waals surface area contributed by atoms with Crippen LogP contribution in [0.1, 0.15) is 33.1 Å². The van der Waals surface area contributed by atoms with Crippen molar-refractivity contribution >= 4 is 29.6 Å². The zero-order valence-corrected chi connectivity index (χ0v) is 15.4. The summed E-state index contributed by atoms with van der Waals surface area (Å²) in [6, 6.07) is -2.91. The molecule has 11 heteroatoms. The molecule has 0 saturated carbocycles. The fourth-order valence-corrected chi connectivity index (χ4v) is 2.85. The quantitative estimate of drug-likeness (QED) is 0.291. The number of nitrogens with zero attached hydrogens (tertiary/aromatic N) is 1. The third-order valence-corrected chi connectivity index (χ3v) is 4.24. The van der Waals surface area contributed by atoms with E-state index in [-0.39, 0.29) is 12.3 Å². The maximum absolute atomic E-state index is 12.9. The van der Waals surface area contributed by atoms with Crippen LogP contribution in [0.3, 0.4) is 0 Å². The summed E-state index contributed by atoms with van der Waals surface area (Å²) in [5.74, 6) is -3.92. The highest BCUT2D eigenvalue weighted by Gasteiger charge is 2.39. The number of carboxylic acids is 1. The third-order valence-electron chi connectivity index (χ3n) is 4.24. The number of likely N-dealkylation sites (tertiary alicyclic amines) is 1. The van der Waals surface area contributed by atoms with Crippen LogP contribution >= 0.6 is 0 Å². The number of primary amides is 1. The summed E-state index contributed by atoms with van der Waals surface area (Å²) >= 11 is 0. The van der Waals surface area contributed by atoms with Gasteiger partial charge in [-0.3, -0.25) is 24.0 Å². The van der Waals surface area contributed by atoms with Gasteiger partial charge >= 0.3 is 5.97 Å². The van der Waals surface area contributed by atoms with Gasteiger partial charge in [0.2, 0.25) is 23.6 Å². The van der Waals surface area contributed by atoms with Gasteiger partial charge in [0, 0.05) is 6.54 Å². The molecule has 0 radical (unpaired) electrons. The molecule has 3 unspecified atom stereocenters. The number of carboxylic acid groups (broad SMARTS) is 1. The molecule has 1 fully saturated rings. The summed E-state index contributed by atoms with van der Waals surface area (Å²) in [5, 5.41) is 13.5. The first-order valence-corrected chi connectivity index (χ1v) is 8.68. The Hall–Kier alpha value is -2.69. The summed E-state index contributed by atoms with van der Waals surface area (Å²) < 4.78 is 0. The van der Waals surface area contributed by atoms with Crippen LogP contribution in [0, 0.1) is 5.92 Å². The van der Waals surface area contributed by atoms with Gasteiger partial charge in [0.1, 0.15) is 18.6 Å². The van der Waals surface area contributed by atoms with Crippen LogP contribution in [0.2, 0.25) is 0 Å².